The van der Waals surface area contributed by atoms with Crippen LogP contribution < -0.4 is 5.17 Å². The van der Waals surface area contributed by atoms with Crippen molar-refractivity contribution in [1.82, 2.24) is 4.98 Å². The van der Waals surface area contributed by atoms with E-state index in [1.54, 1.807) is 49.7 Å². The van der Waals surface area contributed by atoms with E-state index in [2.05, 4.69) is 10.1 Å². The molecule has 0 aromatic carbocycles. The maximum absolute atomic E-state index is 12.1. The van der Waals surface area contributed by atoms with E-state index in [4.69, 9.17) is 11.6 Å². The van der Waals surface area contributed by atoms with Gasteiger partial charge in [-0.2, -0.15) is 5.17 Å². The molecule has 2 rings (SSSR count). The van der Waals surface area contributed by atoms with Gasteiger partial charge in [0.1, 0.15) is 5.71 Å². The molecule has 5 nitrogen and oxygen atoms in total. The number of amides is 1. The lowest BCUT2D eigenvalue weighted by molar-refractivity contribution is -0.773. The van der Waals surface area contributed by atoms with Gasteiger partial charge in [0.2, 0.25) is 0 Å². The largest absolute Gasteiger partial charge is 0.599 e. The first-order valence-electron chi connectivity index (χ1n) is 6.11. The molecule has 1 amide bonds. The molecule has 0 saturated carbocycles. The summed E-state index contributed by atoms with van der Waals surface area (Å²) in [6.07, 6.45) is 10.2. The fourth-order valence-electron chi connectivity index (χ4n) is 1.80. The lowest BCUT2D eigenvalue weighted by Gasteiger charge is -2.24. The minimum atomic E-state index is -1.31. The number of rotatable bonds is 3. The van der Waals surface area contributed by atoms with Crippen LogP contribution in [0.2, 0.25) is 0 Å². The summed E-state index contributed by atoms with van der Waals surface area (Å²) in [7, 11) is 0. The van der Waals surface area contributed by atoms with Gasteiger partial charge in [-0.3, -0.25) is 4.98 Å². The fraction of sp³-hybridized carbons (Fsp3) is 0.214. The molecule has 1 aromatic heterocycles. The van der Waals surface area contributed by atoms with Crippen molar-refractivity contribution < 1.29 is 9.97 Å². The van der Waals surface area contributed by atoms with Crippen molar-refractivity contribution in [3.63, 3.8) is 0 Å². The Hall–Kier alpha value is -1.82. The van der Waals surface area contributed by atoms with Gasteiger partial charge in [0.05, 0.1) is 0 Å². The zero-order chi connectivity index (χ0) is 14.6. The molecule has 1 heterocycles. The molecule has 1 aliphatic rings. The normalized spacial score (nSPS) is 23.6. The highest BCUT2D eigenvalue weighted by atomic mass is 35.5. The van der Waals surface area contributed by atoms with Crippen molar-refractivity contribution in [2.24, 2.45) is 5.10 Å². The van der Waals surface area contributed by atoms with Gasteiger partial charge in [0.15, 0.2) is 4.87 Å². The number of allylic oxidation sites excluding steroid dienone is 3. The number of aromatic nitrogens is 1. The van der Waals surface area contributed by atoms with Crippen molar-refractivity contribution >= 4 is 23.2 Å². The Morgan fingerprint density at radius 2 is 2.15 bits per heavy atom. The predicted octanol–water partition coefficient (Wildman–Crippen LogP) is 1.21. The molecule has 0 spiro atoms. The molecule has 104 valence electrons. The van der Waals surface area contributed by atoms with Gasteiger partial charge in [0.25, 0.3) is 0 Å². The first-order valence-corrected chi connectivity index (χ1v) is 6.48. The SMILES string of the molecule is CC(=N[NH+]([O-])C(=O)C1(Cl)C=CC=CC1)c1ccncc1. The molecule has 0 aliphatic heterocycles. The molecule has 1 aromatic rings. The third kappa shape index (κ3) is 3.19. The number of hydroxylamine groups is 1. The van der Waals surface area contributed by atoms with Gasteiger partial charge in [-0.25, -0.2) is 4.79 Å². The summed E-state index contributed by atoms with van der Waals surface area (Å²) < 4.78 is 0. The smallest absolute Gasteiger partial charge is 0.363 e. The molecule has 1 aliphatic carbocycles. The number of pyridine rings is 1. The second kappa shape index (κ2) is 6.09. The van der Waals surface area contributed by atoms with Gasteiger partial charge in [-0.1, -0.05) is 34.9 Å². The molecular formula is C14H14ClN3O2. The van der Waals surface area contributed by atoms with Gasteiger partial charge in [0, 0.05) is 24.4 Å². The third-order valence-corrected chi connectivity index (χ3v) is 3.41. The summed E-state index contributed by atoms with van der Waals surface area (Å²) in [5.41, 5.74) is 1.20. The molecular weight excluding hydrogens is 278 g/mol. The number of alkyl halides is 1. The number of nitrogens with zero attached hydrogens (tertiary/aromatic N) is 2. The number of hydrogen-bond acceptors (Lipinski definition) is 4. The van der Waals surface area contributed by atoms with Crippen molar-refractivity contribution in [2.75, 3.05) is 0 Å². The van der Waals surface area contributed by atoms with Crippen LogP contribution in [0.5, 0.6) is 0 Å². The molecule has 0 saturated heterocycles. The minimum Gasteiger partial charge on any atom is -0.599 e. The number of quaternary nitrogens is 1. The fourth-order valence-corrected chi connectivity index (χ4v) is 2.04. The van der Waals surface area contributed by atoms with E-state index in [9.17, 15) is 10.0 Å². The first kappa shape index (κ1) is 14.6. The summed E-state index contributed by atoms with van der Waals surface area (Å²) in [6.45, 7) is 1.66. The number of carbonyl (C=O) groups excluding carboxylic acids is 1. The van der Waals surface area contributed by atoms with Crippen LogP contribution in [-0.4, -0.2) is 21.5 Å². The third-order valence-electron chi connectivity index (χ3n) is 2.96. The molecule has 2 atom stereocenters. The summed E-state index contributed by atoms with van der Waals surface area (Å²) >= 11 is 6.16. The second-order valence-corrected chi connectivity index (χ2v) is 5.10. The summed E-state index contributed by atoms with van der Waals surface area (Å²) in [5, 5.41) is 14.9. The highest BCUT2D eigenvalue weighted by molar-refractivity contribution is 6.35. The van der Waals surface area contributed by atoms with E-state index in [-0.39, 0.29) is 0 Å². The maximum Gasteiger partial charge on any atom is 0.363 e. The number of hydrogen-bond donors (Lipinski definition) is 1. The molecule has 20 heavy (non-hydrogen) atoms. The van der Waals surface area contributed by atoms with Crippen LogP contribution in [0.15, 0.2) is 53.9 Å². The summed E-state index contributed by atoms with van der Waals surface area (Å²) in [6, 6.07) is 3.44. The van der Waals surface area contributed by atoms with Crippen LogP contribution in [0.1, 0.15) is 18.9 Å². The van der Waals surface area contributed by atoms with Crippen LogP contribution in [0.3, 0.4) is 0 Å². The topological polar surface area (TPSA) is 69.8 Å². The van der Waals surface area contributed by atoms with E-state index in [1.807, 2.05) is 0 Å². The number of carbonyl (C=O) groups is 1. The Labute approximate surface area is 121 Å². The lowest BCUT2D eigenvalue weighted by Crippen LogP contribution is -3.08. The molecule has 0 bridgehead atoms. The Balaban J connectivity index is 2.15. The lowest BCUT2D eigenvalue weighted by atomic mass is 9.99. The molecule has 1 N–H and O–H groups in total. The van der Waals surface area contributed by atoms with Crippen molar-refractivity contribution in [3.05, 3.63) is 59.6 Å². The van der Waals surface area contributed by atoms with Crippen molar-refractivity contribution in [1.29, 1.82) is 0 Å². The van der Waals surface area contributed by atoms with Crippen LogP contribution in [-0.2, 0) is 4.79 Å². The van der Waals surface area contributed by atoms with E-state index < -0.39 is 16.0 Å². The predicted molar refractivity (Wildman–Crippen MR) is 77.3 cm³/mol. The molecule has 6 heteroatoms. The molecule has 0 radical (unpaired) electrons. The Morgan fingerprint density at radius 3 is 2.75 bits per heavy atom. The monoisotopic (exact) mass is 291 g/mol. The van der Waals surface area contributed by atoms with Crippen LogP contribution in [0.25, 0.3) is 0 Å². The zero-order valence-electron chi connectivity index (χ0n) is 10.9. The van der Waals surface area contributed by atoms with E-state index >= 15 is 0 Å². The van der Waals surface area contributed by atoms with Crippen LogP contribution in [0.4, 0.5) is 0 Å². The minimum absolute atomic E-state index is 0.291. The standard InChI is InChI=1S/C14H14ClN3O2/c1-11(12-5-9-16-10-6-12)17-18(20)13(19)14(15)7-3-2-4-8-14/h2-7,9-10,18H,8H2,1H3. The zero-order valence-corrected chi connectivity index (χ0v) is 11.7. The first-order chi connectivity index (χ1) is 9.53. The molecule has 2 unspecified atom stereocenters. The number of halogens is 1. The van der Waals surface area contributed by atoms with Gasteiger partial charge < -0.3 is 5.21 Å². The second-order valence-electron chi connectivity index (χ2n) is 4.42. The Morgan fingerprint density at radius 1 is 1.45 bits per heavy atom. The number of nitrogens with one attached hydrogen (secondary N) is 1. The van der Waals surface area contributed by atoms with E-state index in [0.29, 0.717) is 12.1 Å². The van der Waals surface area contributed by atoms with Crippen LogP contribution >= 0.6 is 11.6 Å². The van der Waals surface area contributed by atoms with Gasteiger partial charge in [-0.05, 0) is 25.1 Å². The van der Waals surface area contributed by atoms with Crippen molar-refractivity contribution in [3.8, 4) is 0 Å². The van der Waals surface area contributed by atoms with Crippen molar-refractivity contribution in [2.45, 2.75) is 18.2 Å². The Bertz CT molecular complexity index is 583. The summed E-state index contributed by atoms with van der Waals surface area (Å²) in [4.78, 5) is 14.7. The highest BCUT2D eigenvalue weighted by Crippen LogP contribution is 2.24. The summed E-state index contributed by atoms with van der Waals surface area (Å²) in [5.74, 6) is -0.715. The molecule has 0 fully saturated rings. The van der Waals surface area contributed by atoms with Gasteiger partial charge in [-0.15, -0.1) is 0 Å². The average Bonchev–Trinajstić information content (AvgIpc) is 2.48. The van der Waals surface area contributed by atoms with Crippen LogP contribution in [0, 0.1) is 5.21 Å². The average molecular weight is 292 g/mol. The van der Waals surface area contributed by atoms with E-state index in [1.165, 1.54) is 6.08 Å². The maximum atomic E-state index is 12.1. The van der Waals surface area contributed by atoms with E-state index in [0.717, 1.165) is 5.56 Å². The van der Waals surface area contributed by atoms with Gasteiger partial charge >= 0.3 is 5.91 Å². The Kier molecular flexibility index (Phi) is 4.44. The quantitative estimate of drug-likeness (QED) is 0.517. The highest BCUT2D eigenvalue weighted by Gasteiger charge is 2.39.